The number of rotatable bonds is 5. The number of fused-ring (bicyclic) bond motifs is 1. The fourth-order valence-electron chi connectivity index (χ4n) is 2.71. The molecule has 4 aromatic rings. The molecule has 0 unspecified atom stereocenters. The highest BCUT2D eigenvalue weighted by Gasteiger charge is 2.09. The molecule has 0 spiro atoms. The van der Waals surface area contributed by atoms with Gasteiger partial charge in [0, 0.05) is 11.3 Å². The van der Waals surface area contributed by atoms with E-state index < -0.39 is 0 Å². The quantitative estimate of drug-likeness (QED) is 0.253. The molecule has 5 nitrogen and oxygen atoms in total. The third-order valence-corrected chi connectivity index (χ3v) is 6.28. The van der Waals surface area contributed by atoms with Gasteiger partial charge < -0.3 is 5.11 Å². The summed E-state index contributed by atoms with van der Waals surface area (Å²) in [6.45, 7) is 0. The summed E-state index contributed by atoms with van der Waals surface area (Å²) in [6.07, 6.45) is 4.07. The highest BCUT2D eigenvalue weighted by molar-refractivity contribution is 9.11. The molecule has 0 aliphatic heterocycles. The Morgan fingerprint density at radius 3 is 2.57 bits per heavy atom. The van der Waals surface area contributed by atoms with Crippen LogP contribution in [0.25, 0.3) is 10.2 Å². The van der Waals surface area contributed by atoms with Gasteiger partial charge in [-0.15, -0.1) is 11.3 Å². The fourth-order valence-corrected chi connectivity index (χ4v) is 4.96. The van der Waals surface area contributed by atoms with Crippen molar-refractivity contribution in [2.75, 3.05) is 5.43 Å². The lowest BCUT2D eigenvalue weighted by Gasteiger charge is -2.03. The van der Waals surface area contributed by atoms with Crippen molar-refractivity contribution in [2.45, 2.75) is 6.42 Å². The van der Waals surface area contributed by atoms with Gasteiger partial charge in [-0.2, -0.15) is 5.10 Å². The molecule has 0 saturated heterocycles. The van der Waals surface area contributed by atoms with Crippen LogP contribution in [0.15, 0.2) is 68.9 Å². The van der Waals surface area contributed by atoms with E-state index in [9.17, 15) is 5.11 Å². The van der Waals surface area contributed by atoms with Crippen LogP contribution in [0.3, 0.4) is 0 Å². The monoisotopic (exact) mass is 516 g/mol. The van der Waals surface area contributed by atoms with Gasteiger partial charge in [0.15, 0.2) is 5.82 Å². The summed E-state index contributed by atoms with van der Waals surface area (Å²) in [7, 11) is 0. The summed E-state index contributed by atoms with van der Waals surface area (Å²) in [4.78, 5) is 10.8. The number of nitrogens with zero attached hydrogens (tertiary/aromatic N) is 3. The molecule has 0 fully saturated rings. The minimum absolute atomic E-state index is 0.159. The Hall–Kier alpha value is -2.29. The van der Waals surface area contributed by atoms with Gasteiger partial charge in [-0.3, -0.25) is 5.43 Å². The Bertz CT molecular complexity index is 1140. The van der Waals surface area contributed by atoms with Crippen molar-refractivity contribution < 1.29 is 5.11 Å². The predicted octanol–water partition coefficient (Wildman–Crippen LogP) is 5.96. The summed E-state index contributed by atoms with van der Waals surface area (Å²) in [5, 5.41) is 15.0. The first-order valence-electron chi connectivity index (χ1n) is 8.34. The van der Waals surface area contributed by atoms with E-state index in [4.69, 9.17) is 0 Å². The Morgan fingerprint density at radius 2 is 1.82 bits per heavy atom. The predicted molar refractivity (Wildman–Crippen MR) is 121 cm³/mol. The maximum Gasteiger partial charge on any atom is 0.158 e. The third-order valence-electron chi connectivity index (χ3n) is 4.02. The van der Waals surface area contributed by atoms with E-state index >= 15 is 0 Å². The van der Waals surface area contributed by atoms with Crippen LogP contribution >= 0.6 is 43.2 Å². The third kappa shape index (κ3) is 4.24. The number of phenolic OH excluding ortho intramolecular Hbond substituents is 1. The lowest BCUT2D eigenvalue weighted by molar-refractivity contribution is 0.468. The number of hydrogen-bond acceptors (Lipinski definition) is 6. The largest absolute Gasteiger partial charge is 0.506 e. The van der Waals surface area contributed by atoms with Gasteiger partial charge >= 0.3 is 0 Å². The number of aromatic hydroxyl groups is 1. The second-order valence-electron chi connectivity index (χ2n) is 6.02. The van der Waals surface area contributed by atoms with Crippen molar-refractivity contribution >= 4 is 65.4 Å². The van der Waals surface area contributed by atoms with Gasteiger partial charge in [-0.25, -0.2) is 9.97 Å². The lowest BCUT2D eigenvalue weighted by Crippen LogP contribution is -1.94. The molecule has 28 heavy (non-hydrogen) atoms. The van der Waals surface area contributed by atoms with Gasteiger partial charge in [0.1, 0.15) is 16.9 Å². The summed E-state index contributed by atoms with van der Waals surface area (Å²) < 4.78 is 1.19. The molecule has 0 bridgehead atoms. The van der Waals surface area contributed by atoms with Crippen molar-refractivity contribution in [3.8, 4) is 5.75 Å². The van der Waals surface area contributed by atoms with Crippen molar-refractivity contribution in [1.29, 1.82) is 0 Å². The summed E-state index contributed by atoms with van der Waals surface area (Å²) >= 11 is 8.29. The second-order valence-corrected chi connectivity index (χ2v) is 8.84. The average Bonchev–Trinajstić information content (AvgIpc) is 3.10. The number of hydrogen-bond donors (Lipinski definition) is 2. The van der Waals surface area contributed by atoms with Crippen LogP contribution in [0, 0.1) is 0 Å². The van der Waals surface area contributed by atoms with Crippen LogP contribution in [0.2, 0.25) is 0 Å². The number of halogens is 2. The van der Waals surface area contributed by atoms with Gasteiger partial charge in [-0.1, -0.05) is 30.3 Å². The van der Waals surface area contributed by atoms with Crippen molar-refractivity contribution in [3.63, 3.8) is 0 Å². The number of aromatic nitrogens is 2. The Balaban J connectivity index is 1.55. The van der Waals surface area contributed by atoms with Crippen LogP contribution < -0.4 is 5.43 Å². The highest BCUT2D eigenvalue weighted by Crippen LogP contribution is 2.33. The molecular weight excluding hydrogens is 504 g/mol. The van der Waals surface area contributed by atoms with E-state index in [1.54, 1.807) is 29.7 Å². The van der Waals surface area contributed by atoms with Gasteiger partial charge in [0.2, 0.25) is 0 Å². The molecule has 140 valence electrons. The summed E-state index contributed by atoms with van der Waals surface area (Å²) in [6, 6.07) is 16.0. The number of benzene rings is 2. The molecule has 0 amide bonds. The molecule has 2 aromatic heterocycles. The molecule has 0 saturated carbocycles. The molecule has 4 rings (SSSR count). The first kappa shape index (κ1) is 19.0. The van der Waals surface area contributed by atoms with Gasteiger partial charge in [0.05, 0.1) is 20.5 Å². The van der Waals surface area contributed by atoms with E-state index in [1.165, 1.54) is 16.8 Å². The first-order valence-corrected chi connectivity index (χ1v) is 10.7. The number of anilines is 1. The van der Waals surface area contributed by atoms with Crippen molar-refractivity contribution in [2.24, 2.45) is 5.10 Å². The van der Waals surface area contributed by atoms with Gasteiger partial charge in [-0.05, 0) is 61.2 Å². The van der Waals surface area contributed by atoms with Gasteiger partial charge in [0.25, 0.3) is 0 Å². The molecule has 2 heterocycles. The van der Waals surface area contributed by atoms with Crippen LogP contribution in [-0.2, 0) is 6.42 Å². The average molecular weight is 518 g/mol. The summed E-state index contributed by atoms with van der Waals surface area (Å²) in [5.74, 6) is 0.820. The standard InChI is InChI=1S/C20H14Br2N4OS/c21-16-7-13(8-17(22)18(16)27)10-25-26-19-15-9-14(28-20(15)24-11-23-19)6-12-4-2-1-3-5-12/h1-5,7-11,27H,6H2,(H,23,24,26)/b25-10+. The van der Waals surface area contributed by atoms with E-state index in [-0.39, 0.29) is 5.75 Å². The first-order chi connectivity index (χ1) is 13.6. The molecule has 2 N–H and O–H groups in total. The maximum absolute atomic E-state index is 9.79. The van der Waals surface area contributed by atoms with Crippen molar-refractivity contribution in [3.05, 3.63) is 79.8 Å². The second kappa shape index (κ2) is 8.38. The Labute approximate surface area is 182 Å². The van der Waals surface area contributed by atoms with Crippen LogP contribution in [0.4, 0.5) is 5.82 Å². The molecule has 0 aliphatic carbocycles. The normalized spacial score (nSPS) is 11.4. The topological polar surface area (TPSA) is 70.4 Å². The zero-order chi connectivity index (χ0) is 19.5. The van der Waals surface area contributed by atoms with Crippen LogP contribution in [0.1, 0.15) is 16.0 Å². The zero-order valence-corrected chi connectivity index (χ0v) is 18.4. The SMILES string of the molecule is Oc1c(Br)cc(/C=N/Nc2ncnc3sc(Cc4ccccc4)cc23)cc1Br. The zero-order valence-electron chi connectivity index (χ0n) is 14.4. The maximum atomic E-state index is 9.79. The molecule has 8 heteroatoms. The van der Waals surface area contributed by atoms with E-state index in [2.05, 4.69) is 70.6 Å². The smallest absolute Gasteiger partial charge is 0.158 e. The molecule has 0 aliphatic rings. The number of hydrazone groups is 1. The molecule has 0 atom stereocenters. The summed E-state index contributed by atoms with van der Waals surface area (Å²) in [5.41, 5.74) is 5.08. The Morgan fingerprint density at radius 1 is 1.07 bits per heavy atom. The van der Waals surface area contributed by atoms with E-state index in [0.717, 1.165) is 22.2 Å². The van der Waals surface area contributed by atoms with Crippen LogP contribution in [0.5, 0.6) is 5.75 Å². The Kier molecular flexibility index (Phi) is 5.70. The van der Waals surface area contributed by atoms with E-state index in [0.29, 0.717) is 14.8 Å². The molecule has 0 radical (unpaired) electrons. The number of thiophene rings is 1. The number of nitrogens with one attached hydrogen (secondary N) is 1. The van der Waals surface area contributed by atoms with E-state index in [1.807, 2.05) is 18.2 Å². The minimum Gasteiger partial charge on any atom is -0.506 e. The lowest BCUT2D eigenvalue weighted by atomic mass is 10.1. The fraction of sp³-hybridized carbons (Fsp3) is 0.0500. The molecule has 2 aromatic carbocycles. The minimum atomic E-state index is 0.159. The highest BCUT2D eigenvalue weighted by atomic mass is 79.9. The molecular formula is C20H14Br2N4OS. The number of phenols is 1. The van der Waals surface area contributed by atoms with Crippen molar-refractivity contribution in [1.82, 2.24) is 9.97 Å². The van der Waals surface area contributed by atoms with Crippen LogP contribution in [-0.4, -0.2) is 21.3 Å².